The SMILES string of the molecule is O=C(NC1CCN(Cc2ccccc2)CC1)c1cc(-n2cccc2)ccc1Cl. The zero-order valence-corrected chi connectivity index (χ0v) is 16.5. The monoisotopic (exact) mass is 393 g/mol. The zero-order chi connectivity index (χ0) is 19.3. The third-order valence-corrected chi connectivity index (χ3v) is 5.60. The van der Waals surface area contributed by atoms with E-state index in [1.165, 1.54) is 5.56 Å². The van der Waals surface area contributed by atoms with Gasteiger partial charge in [-0.05, 0) is 48.7 Å². The van der Waals surface area contributed by atoms with E-state index in [9.17, 15) is 4.79 Å². The van der Waals surface area contributed by atoms with Crippen LogP contribution in [0.4, 0.5) is 0 Å². The van der Waals surface area contributed by atoms with Gasteiger partial charge in [0.25, 0.3) is 5.91 Å². The summed E-state index contributed by atoms with van der Waals surface area (Å²) in [5, 5.41) is 3.66. The van der Waals surface area contributed by atoms with Crippen LogP contribution in [0.2, 0.25) is 5.02 Å². The summed E-state index contributed by atoms with van der Waals surface area (Å²) in [7, 11) is 0. The lowest BCUT2D eigenvalue weighted by molar-refractivity contribution is 0.0909. The van der Waals surface area contributed by atoms with Crippen molar-refractivity contribution in [2.24, 2.45) is 0 Å². The molecule has 0 radical (unpaired) electrons. The number of hydrogen-bond donors (Lipinski definition) is 1. The van der Waals surface area contributed by atoms with Crippen LogP contribution in [-0.4, -0.2) is 34.5 Å². The van der Waals surface area contributed by atoms with E-state index >= 15 is 0 Å². The fourth-order valence-corrected chi connectivity index (χ4v) is 3.90. The molecular weight excluding hydrogens is 370 g/mol. The Morgan fingerprint density at radius 3 is 2.43 bits per heavy atom. The molecule has 2 heterocycles. The van der Waals surface area contributed by atoms with Gasteiger partial charge in [-0.1, -0.05) is 41.9 Å². The number of amides is 1. The standard InChI is InChI=1S/C23H24ClN3O/c24-22-9-8-20(27-12-4-5-13-27)16-21(22)23(28)25-19-10-14-26(15-11-19)17-18-6-2-1-3-7-18/h1-9,12-13,16,19H,10-11,14-15,17H2,(H,25,28). The van der Waals surface area contributed by atoms with Crippen LogP contribution in [0.1, 0.15) is 28.8 Å². The number of likely N-dealkylation sites (tertiary alicyclic amines) is 1. The summed E-state index contributed by atoms with van der Waals surface area (Å²) in [4.78, 5) is 15.3. The minimum Gasteiger partial charge on any atom is -0.349 e. The molecule has 1 aliphatic heterocycles. The summed E-state index contributed by atoms with van der Waals surface area (Å²) in [6.45, 7) is 2.93. The molecule has 0 aliphatic carbocycles. The molecule has 0 atom stereocenters. The number of carbonyl (C=O) groups excluding carboxylic acids is 1. The maximum absolute atomic E-state index is 12.8. The number of benzene rings is 2. The fraction of sp³-hybridized carbons (Fsp3) is 0.261. The van der Waals surface area contributed by atoms with Gasteiger partial charge in [0, 0.05) is 43.8 Å². The molecule has 4 nitrogen and oxygen atoms in total. The van der Waals surface area contributed by atoms with Crippen LogP contribution in [-0.2, 0) is 6.54 Å². The van der Waals surface area contributed by atoms with Crippen molar-refractivity contribution in [3.63, 3.8) is 0 Å². The van der Waals surface area contributed by atoms with E-state index < -0.39 is 0 Å². The molecule has 1 saturated heterocycles. The summed E-state index contributed by atoms with van der Waals surface area (Å²) in [5.74, 6) is -0.0967. The Labute approximate surface area is 170 Å². The number of halogens is 1. The van der Waals surface area contributed by atoms with Gasteiger partial charge < -0.3 is 9.88 Å². The molecule has 4 rings (SSSR count). The maximum Gasteiger partial charge on any atom is 0.253 e. The highest BCUT2D eigenvalue weighted by Gasteiger charge is 2.22. The maximum atomic E-state index is 12.8. The van der Waals surface area contributed by atoms with Gasteiger partial charge >= 0.3 is 0 Å². The Morgan fingerprint density at radius 1 is 1.00 bits per heavy atom. The average Bonchev–Trinajstić information content (AvgIpc) is 3.25. The molecule has 3 aromatic rings. The molecule has 0 bridgehead atoms. The van der Waals surface area contributed by atoms with E-state index in [1.807, 2.05) is 47.3 Å². The predicted molar refractivity (Wildman–Crippen MR) is 113 cm³/mol. The topological polar surface area (TPSA) is 37.3 Å². The Bertz CT molecular complexity index is 916. The van der Waals surface area contributed by atoms with Crippen LogP contribution in [0.5, 0.6) is 0 Å². The minimum atomic E-state index is -0.0967. The summed E-state index contributed by atoms with van der Waals surface area (Å²) >= 11 is 6.31. The molecule has 1 aliphatic rings. The molecule has 1 amide bonds. The van der Waals surface area contributed by atoms with Gasteiger partial charge in [-0.3, -0.25) is 9.69 Å². The van der Waals surface area contributed by atoms with Crippen molar-refractivity contribution in [2.45, 2.75) is 25.4 Å². The largest absolute Gasteiger partial charge is 0.349 e. The number of nitrogens with zero attached hydrogens (tertiary/aromatic N) is 2. The van der Waals surface area contributed by atoms with Gasteiger partial charge in [-0.25, -0.2) is 0 Å². The van der Waals surface area contributed by atoms with Crippen molar-refractivity contribution >= 4 is 17.5 Å². The van der Waals surface area contributed by atoms with Gasteiger partial charge in [-0.2, -0.15) is 0 Å². The van der Waals surface area contributed by atoms with Crippen LogP contribution in [0.25, 0.3) is 5.69 Å². The lowest BCUT2D eigenvalue weighted by Gasteiger charge is -2.32. The van der Waals surface area contributed by atoms with Gasteiger partial charge in [0.05, 0.1) is 10.6 Å². The molecule has 5 heteroatoms. The second-order valence-corrected chi connectivity index (χ2v) is 7.67. The molecule has 1 N–H and O–H groups in total. The molecule has 2 aromatic carbocycles. The summed E-state index contributed by atoms with van der Waals surface area (Å²) in [6.07, 6.45) is 5.81. The number of carbonyl (C=O) groups is 1. The van der Waals surface area contributed by atoms with E-state index in [0.717, 1.165) is 38.2 Å². The fourth-order valence-electron chi connectivity index (χ4n) is 3.69. The highest BCUT2D eigenvalue weighted by atomic mass is 35.5. The number of rotatable bonds is 5. The third kappa shape index (κ3) is 4.46. The highest BCUT2D eigenvalue weighted by Crippen LogP contribution is 2.21. The third-order valence-electron chi connectivity index (χ3n) is 5.27. The molecular formula is C23H24ClN3O. The molecule has 0 spiro atoms. The van der Waals surface area contributed by atoms with Crippen molar-refractivity contribution in [2.75, 3.05) is 13.1 Å². The lowest BCUT2D eigenvalue weighted by Crippen LogP contribution is -2.44. The molecule has 144 valence electrons. The predicted octanol–water partition coefficient (Wildman–Crippen LogP) is 4.53. The van der Waals surface area contributed by atoms with Crippen molar-refractivity contribution in [1.29, 1.82) is 0 Å². The average molecular weight is 394 g/mol. The first-order chi connectivity index (χ1) is 13.7. The molecule has 0 unspecified atom stereocenters. The van der Waals surface area contributed by atoms with Gasteiger partial charge in [0.1, 0.15) is 0 Å². The summed E-state index contributed by atoms with van der Waals surface area (Å²) < 4.78 is 1.97. The minimum absolute atomic E-state index is 0.0967. The summed E-state index contributed by atoms with van der Waals surface area (Å²) in [5.41, 5.74) is 2.79. The van der Waals surface area contributed by atoms with E-state index in [1.54, 1.807) is 6.07 Å². The first-order valence-corrected chi connectivity index (χ1v) is 10.1. The van der Waals surface area contributed by atoms with Gasteiger partial charge in [-0.15, -0.1) is 0 Å². The Kier molecular flexibility index (Phi) is 5.79. The number of aromatic nitrogens is 1. The Hall–Kier alpha value is -2.56. The van der Waals surface area contributed by atoms with Crippen molar-refractivity contribution in [3.05, 3.63) is 89.2 Å². The second kappa shape index (κ2) is 8.63. The van der Waals surface area contributed by atoms with Gasteiger partial charge in [0.15, 0.2) is 0 Å². The first kappa shape index (κ1) is 18.8. The highest BCUT2D eigenvalue weighted by molar-refractivity contribution is 6.33. The van der Waals surface area contributed by atoms with E-state index in [0.29, 0.717) is 10.6 Å². The molecule has 1 fully saturated rings. The van der Waals surface area contributed by atoms with Crippen LogP contribution in [0.15, 0.2) is 73.1 Å². The second-order valence-electron chi connectivity index (χ2n) is 7.26. The number of piperidine rings is 1. The number of nitrogens with one attached hydrogen (secondary N) is 1. The first-order valence-electron chi connectivity index (χ1n) is 9.69. The van der Waals surface area contributed by atoms with Crippen LogP contribution < -0.4 is 5.32 Å². The quantitative estimate of drug-likeness (QED) is 0.691. The van der Waals surface area contributed by atoms with Crippen molar-refractivity contribution < 1.29 is 4.79 Å². The molecule has 0 saturated carbocycles. The summed E-state index contributed by atoms with van der Waals surface area (Å²) in [6, 6.07) is 20.2. The van der Waals surface area contributed by atoms with E-state index in [2.05, 4.69) is 34.5 Å². The normalized spacial score (nSPS) is 15.5. The molecule has 28 heavy (non-hydrogen) atoms. The van der Waals surface area contributed by atoms with Crippen LogP contribution in [0, 0.1) is 0 Å². The lowest BCUT2D eigenvalue weighted by atomic mass is 10.0. The van der Waals surface area contributed by atoms with E-state index in [4.69, 9.17) is 11.6 Å². The Morgan fingerprint density at radius 2 is 1.71 bits per heavy atom. The smallest absolute Gasteiger partial charge is 0.253 e. The zero-order valence-electron chi connectivity index (χ0n) is 15.7. The van der Waals surface area contributed by atoms with Crippen LogP contribution in [0.3, 0.4) is 0 Å². The van der Waals surface area contributed by atoms with Crippen molar-refractivity contribution in [3.8, 4) is 5.69 Å². The van der Waals surface area contributed by atoms with Gasteiger partial charge in [0.2, 0.25) is 0 Å². The van der Waals surface area contributed by atoms with Crippen molar-refractivity contribution in [1.82, 2.24) is 14.8 Å². The number of hydrogen-bond acceptors (Lipinski definition) is 2. The van der Waals surface area contributed by atoms with E-state index in [-0.39, 0.29) is 11.9 Å². The molecule has 1 aromatic heterocycles. The van der Waals surface area contributed by atoms with Crippen LogP contribution >= 0.6 is 11.6 Å². The Balaban J connectivity index is 1.35.